The number of hydrogen-bond acceptors (Lipinski definition) is 3. The number of nitrogens with one attached hydrogen (secondary N) is 1. The van der Waals surface area contributed by atoms with E-state index < -0.39 is 0 Å². The maximum absolute atomic E-state index is 12.3. The maximum Gasteiger partial charge on any atom is 0.237 e. The molecule has 24 heavy (non-hydrogen) atoms. The highest BCUT2D eigenvalue weighted by Gasteiger charge is 2.14. The monoisotopic (exact) mass is 362 g/mol. The third kappa shape index (κ3) is 6.19. The first-order valence-electron chi connectivity index (χ1n) is 7.91. The molecule has 0 saturated heterocycles. The normalized spacial score (nSPS) is 12.2. The second-order valence-electron chi connectivity index (χ2n) is 5.95. The van der Waals surface area contributed by atoms with Gasteiger partial charge in [0.05, 0.1) is 5.25 Å². The van der Waals surface area contributed by atoms with Crippen LogP contribution in [-0.4, -0.2) is 36.7 Å². The molecule has 1 atom stereocenters. The molecule has 1 N–H and O–H groups in total. The molecule has 2 rings (SSSR count). The number of hydrogen-bond donors (Lipinski definition) is 1. The summed E-state index contributed by atoms with van der Waals surface area (Å²) < 4.78 is 0. The topological polar surface area (TPSA) is 32.3 Å². The number of likely N-dealkylation sites (N-methyl/N-ethyl adjacent to an activating group) is 1. The number of carbonyl (C=O) groups excluding carboxylic acids is 1. The van der Waals surface area contributed by atoms with E-state index in [1.807, 2.05) is 43.3 Å². The largest absolute Gasteiger partial charge is 0.325 e. The molecule has 2 aromatic rings. The van der Waals surface area contributed by atoms with Crippen molar-refractivity contribution in [2.75, 3.05) is 26.0 Å². The zero-order chi connectivity index (χ0) is 17.5. The molecule has 0 spiro atoms. The summed E-state index contributed by atoms with van der Waals surface area (Å²) in [5, 5.41) is 3.49. The molecule has 1 amide bonds. The zero-order valence-corrected chi connectivity index (χ0v) is 15.8. The van der Waals surface area contributed by atoms with Gasteiger partial charge in [0, 0.05) is 22.2 Å². The first-order valence-corrected chi connectivity index (χ1v) is 9.16. The molecule has 0 fully saturated rings. The molecule has 128 valence electrons. The summed E-state index contributed by atoms with van der Waals surface area (Å²) in [6, 6.07) is 15.6. The molecule has 0 radical (unpaired) electrons. The number of thioether (sulfide) groups is 1. The second kappa shape index (κ2) is 9.11. The molecule has 0 aliphatic heterocycles. The lowest BCUT2D eigenvalue weighted by atomic mass is 10.1. The Morgan fingerprint density at radius 1 is 1.12 bits per heavy atom. The van der Waals surface area contributed by atoms with E-state index in [0.717, 1.165) is 23.5 Å². The molecule has 2 aromatic carbocycles. The van der Waals surface area contributed by atoms with E-state index in [4.69, 9.17) is 11.6 Å². The predicted molar refractivity (Wildman–Crippen MR) is 104 cm³/mol. The Morgan fingerprint density at radius 2 is 1.75 bits per heavy atom. The fourth-order valence-electron chi connectivity index (χ4n) is 2.12. The van der Waals surface area contributed by atoms with Gasteiger partial charge < -0.3 is 10.2 Å². The first kappa shape index (κ1) is 18.8. The standard InChI is InChI=1S/C19H23ClN2OS/c1-14(24-18-10-6-16(20)7-11-18)19(23)21-17-8-4-15(5-9-17)12-13-22(2)3/h4-11,14H,12-13H2,1-3H3,(H,21,23). The number of rotatable bonds is 7. The maximum atomic E-state index is 12.3. The fraction of sp³-hybridized carbons (Fsp3) is 0.316. The molecule has 3 nitrogen and oxygen atoms in total. The highest BCUT2D eigenvalue weighted by atomic mass is 35.5. The van der Waals surface area contributed by atoms with Gasteiger partial charge in [-0.15, -0.1) is 11.8 Å². The average molecular weight is 363 g/mol. The molecule has 0 heterocycles. The summed E-state index contributed by atoms with van der Waals surface area (Å²) in [4.78, 5) is 15.5. The second-order valence-corrected chi connectivity index (χ2v) is 7.80. The minimum atomic E-state index is -0.181. The Balaban J connectivity index is 1.87. The van der Waals surface area contributed by atoms with Crippen molar-refractivity contribution in [1.29, 1.82) is 0 Å². The van der Waals surface area contributed by atoms with Crippen LogP contribution in [0.2, 0.25) is 5.02 Å². The summed E-state index contributed by atoms with van der Waals surface area (Å²) >= 11 is 7.40. The molecular weight excluding hydrogens is 340 g/mol. The highest BCUT2D eigenvalue weighted by molar-refractivity contribution is 8.00. The molecule has 0 saturated carbocycles. The van der Waals surface area contributed by atoms with E-state index in [9.17, 15) is 4.79 Å². The number of nitrogens with zero attached hydrogens (tertiary/aromatic N) is 1. The van der Waals surface area contributed by atoms with Crippen LogP contribution in [0.25, 0.3) is 0 Å². The molecule has 0 aliphatic carbocycles. The number of amides is 1. The van der Waals surface area contributed by atoms with Crippen LogP contribution < -0.4 is 5.32 Å². The number of anilines is 1. The average Bonchev–Trinajstić information content (AvgIpc) is 2.56. The lowest BCUT2D eigenvalue weighted by Crippen LogP contribution is -2.22. The van der Waals surface area contributed by atoms with E-state index in [-0.39, 0.29) is 11.2 Å². The van der Waals surface area contributed by atoms with Gasteiger partial charge in [0.1, 0.15) is 0 Å². The van der Waals surface area contributed by atoms with Crippen molar-refractivity contribution >= 4 is 35.0 Å². The van der Waals surface area contributed by atoms with Crippen molar-refractivity contribution in [3.8, 4) is 0 Å². The third-order valence-corrected chi connectivity index (χ3v) is 4.93. The van der Waals surface area contributed by atoms with Gasteiger partial charge in [0.15, 0.2) is 0 Å². The highest BCUT2D eigenvalue weighted by Crippen LogP contribution is 2.25. The Bertz CT molecular complexity index is 656. The molecule has 5 heteroatoms. The summed E-state index contributed by atoms with van der Waals surface area (Å²) in [6.07, 6.45) is 1.00. The fourth-order valence-corrected chi connectivity index (χ4v) is 3.12. The molecule has 0 bridgehead atoms. The van der Waals surface area contributed by atoms with Gasteiger partial charge in [-0.1, -0.05) is 23.7 Å². The molecule has 0 aliphatic rings. The summed E-state index contributed by atoms with van der Waals surface area (Å²) in [6.45, 7) is 2.92. The summed E-state index contributed by atoms with van der Waals surface area (Å²) in [7, 11) is 4.13. The smallest absolute Gasteiger partial charge is 0.237 e. The van der Waals surface area contributed by atoms with Gasteiger partial charge in [-0.05, 0) is 69.4 Å². The Labute approximate surface area is 153 Å². The van der Waals surface area contributed by atoms with Crippen LogP contribution in [0.15, 0.2) is 53.4 Å². The number of benzene rings is 2. The minimum absolute atomic E-state index is 0.00371. The third-order valence-electron chi connectivity index (χ3n) is 3.56. The Morgan fingerprint density at radius 3 is 2.33 bits per heavy atom. The minimum Gasteiger partial charge on any atom is -0.325 e. The van der Waals surface area contributed by atoms with E-state index in [0.29, 0.717) is 5.02 Å². The van der Waals surface area contributed by atoms with Crippen LogP contribution in [0.1, 0.15) is 12.5 Å². The van der Waals surface area contributed by atoms with Crippen LogP contribution in [0, 0.1) is 0 Å². The van der Waals surface area contributed by atoms with Crippen molar-refractivity contribution in [2.45, 2.75) is 23.5 Å². The summed E-state index contributed by atoms with van der Waals surface area (Å²) in [5.41, 5.74) is 2.10. The molecule has 0 aromatic heterocycles. The van der Waals surface area contributed by atoms with Crippen LogP contribution in [0.4, 0.5) is 5.69 Å². The predicted octanol–water partition coefficient (Wildman–Crippen LogP) is 4.56. The molecule has 1 unspecified atom stereocenters. The van der Waals surface area contributed by atoms with E-state index in [1.165, 1.54) is 17.3 Å². The van der Waals surface area contributed by atoms with E-state index in [1.54, 1.807) is 0 Å². The van der Waals surface area contributed by atoms with Crippen molar-refractivity contribution < 1.29 is 4.79 Å². The van der Waals surface area contributed by atoms with Crippen LogP contribution in [-0.2, 0) is 11.2 Å². The van der Waals surface area contributed by atoms with Crippen LogP contribution in [0.3, 0.4) is 0 Å². The van der Waals surface area contributed by atoms with Gasteiger partial charge >= 0.3 is 0 Å². The quantitative estimate of drug-likeness (QED) is 0.732. The number of carbonyl (C=O) groups is 1. The first-order chi connectivity index (χ1) is 11.4. The van der Waals surface area contributed by atoms with E-state index in [2.05, 4.69) is 36.4 Å². The van der Waals surface area contributed by atoms with Crippen molar-refractivity contribution in [3.05, 3.63) is 59.1 Å². The lowest BCUT2D eigenvalue weighted by molar-refractivity contribution is -0.115. The SMILES string of the molecule is CC(Sc1ccc(Cl)cc1)C(=O)Nc1ccc(CCN(C)C)cc1. The number of halogens is 1. The van der Waals surface area contributed by atoms with Gasteiger partial charge in [0.2, 0.25) is 5.91 Å². The Hall–Kier alpha value is -1.49. The van der Waals surface area contributed by atoms with E-state index >= 15 is 0 Å². The van der Waals surface area contributed by atoms with Gasteiger partial charge in [-0.3, -0.25) is 4.79 Å². The van der Waals surface area contributed by atoms with Crippen molar-refractivity contribution in [3.63, 3.8) is 0 Å². The van der Waals surface area contributed by atoms with Gasteiger partial charge in [-0.2, -0.15) is 0 Å². The Kier molecular flexibility index (Phi) is 7.16. The van der Waals surface area contributed by atoms with Crippen molar-refractivity contribution in [2.24, 2.45) is 0 Å². The zero-order valence-electron chi connectivity index (χ0n) is 14.3. The van der Waals surface area contributed by atoms with Crippen LogP contribution >= 0.6 is 23.4 Å². The van der Waals surface area contributed by atoms with Crippen molar-refractivity contribution in [1.82, 2.24) is 4.90 Å². The summed E-state index contributed by atoms with van der Waals surface area (Å²) in [5.74, 6) is -0.00371. The van der Waals surface area contributed by atoms with Gasteiger partial charge in [-0.25, -0.2) is 0 Å². The molecular formula is C19H23ClN2OS. The van der Waals surface area contributed by atoms with Gasteiger partial charge in [0.25, 0.3) is 0 Å². The van der Waals surface area contributed by atoms with Crippen LogP contribution in [0.5, 0.6) is 0 Å². The lowest BCUT2D eigenvalue weighted by Gasteiger charge is -2.13.